The molecule has 0 rings (SSSR count). The smallest absolute Gasteiger partial charge is 0.309 e. The Balaban J connectivity index is 3.50. The number of ether oxygens (including phenoxy) is 2. The lowest BCUT2D eigenvalue weighted by molar-refractivity contribution is -0.148. The van der Waals surface area contributed by atoms with Crippen molar-refractivity contribution in [3.05, 3.63) is 0 Å². The first kappa shape index (κ1) is 19.9. The zero-order chi connectivity index (χ0) is 16.5. The average Bonchev–Trinajstić information content (AvgIpc) is 2.36. The van der Waals surface area contributed by atoms with Crippen LogP contribution in [0.15, 0.2) is 0 Å². The molecular weight excluding hydrogens is 276 g/mol. The maximum atomic E-state index is 10.9. The van der Waals surface area contributed by atoms with Crippen LogP contribution < -0.4 is 0 Å². The summed E-state index contributed by atoms with van der Waals surface area (Å²) in [7, 11) is 0. The lowest BCUT2D eigenvalue weighted by Gasteiger charge is -2.19. The minimum atomic E-state index is -0.824. The quantitative estimate of drug-likeness (QED) is 0.538. The second-order valence-corrected chi connectivity index (χ2v) is 6.46. The third kappa shape index (κ3) is 8.67. The molecule has 0 radical (unpaired) electrons. The molecule has 0 saturated carbocycles. The topological polar surface area (TPSA) is 93.1 Å². The lowest BCUT2D eigenvalue weighted by atomic mass is 9.90. The number of hydrogen-bond donors (Lipinski definition) is 2. The predicted molar refractivity (Wildman–Crippen MR) is 78.3 cm³/mol. The molecule has 6 nitrogen and oxygen atoms in total. The Hall–Kier alpha value is -1.14. The molecule has 6 heteroatoms. The maximum Gasteiger partial charge on any atom is 0.309 e. The molecule has 0 unspecified atom stereocenters. The molecule has 2 N–H and O–H groups in total. The van der Waals surface area contributed by atoms with Gasteiger partial charge < -0.3 is 19.7 Å². The zero-order valence-corrected chi connectivity index (χ0v) is 13.5. The summed E-state index contributed by atoms with van der Waals surface area (Å²) in [4.78, 5) is 21.7. The van der Waals surface area contributed by atoms with Gasteiger partial charge >= 0.3 is 11.9 Å². The van der Waals surface area contributed by atoms with Crippen LogP contribution in [0.5, 0.6) is 0 Å². The highest BCUT2D eigenvalue weighted by Crippen LogP contribution is 2.20. The van der Waals surface area contributed by atoms with Gasteiger partial charge in [-0.1, -0.05) is 0 Å². The fraction of sp³-hybridized carbons (Fsp3) is 0.867. The van der Waals surface area contributed by atoms with Crippen molar-refractivity contribution in [3.63, 3.8) is 0 Å². The summed E-state index contributed by atoms with van der Waals surface area (Å²) < 4.78 is 10.7. The van der Waals surface area contributed by atoms with E-state index in [4.69, 9.17) is 19.7 Å². The summed E-state index contributed by atoms with van der Waals surface area (Å²) in [5, 5.41) is 17.9. The van der Waals surface area contributed by atoms with Gasteiger partial charge in [0, 0.05) is 26.4 Å². The van der Waals surface area contributed by atoms with Crippen LogP contribution in [-0.2, 0) is 19.1 Å². The van der Waals surface area contributed by atoms with Crippen molar-refractivity contribution in [2.24, 2.45) is 10.8 Å². The van der Waals surface area contributed by atoms with Crippen molar-refractivity contribution in [3.8, 4) is 0 Å². The molecule has 0 atom stereocenters. The average molecular weight is 304 g/mol. The molecule has 0 aromatic rings. The number of carbonyl (C=O) groups is 2. The van der Waals surface area contributed by atoms with E-state index in [0.29, 0.717) is 45.7 Å². The van der Waals surface area contributed by atoms with Crippen LogP contribution in [0.1, 0.15) is 47.0 Å². The molecule has 0 fully saturated rings. The molecule has 0 aliphatic heterocycles. The Bertz CT molecular complexity index is 303. The van der Waals surface area contributed by atoms with Gasteiger partial charge in [0.2, 0.25) is 0 Å². The zero-order valence-electron chi connectivity index (χ0n) is 13.5. The van der Waals surface area contributed by atoms with E-state index in [2.05, 4.69) is 0 Å². The van der Waals surface area contributed by atoms with E-state index in [9.17, 15) is 9.59 Å². The summed E-state index contributed by atoms with van der Waals surface area (Å²) in [6.45, 7) is 8.53. The highest BCUT2D eigenvalue weighted by atomic mass is 16.5. The van der Waals surface area contributed by atoms with Crippen LogP contribution >= 0.6 is 0 Å². The molecular formula is C15H28O6. The minimum Gasteiger partial charge on any atom is -0.481 e. The van der Waals surface area contributed by atoms with Gasteiger partial charge in [0.15, 0.2) is 0 Å². The summed E-state index contributed by atoms with van der Waals surface area (Å²) in [6.07, 6.45) is 1.65. The van der Waals surface area contributed by atoms with Crippen molar-refractivity contribution in [2.45, 2.75) is 47.0 Å². The van der Waals surface area contributed by atoms with E-state index in [1.54, 1.807) is 27.7 Å². The molecule has 0 aliphatic rings. The molecule has 0 aliphatic carbocycles. The fourth-order valence-electron chi connectivity index (χ4n) is 1.34. The van der Waals surface area contributed by atoms with Gasteiger partial charge in [0.1, 0.15) is 0 Å². The van der Waals surface area contributed by atoms with Crippen molar-refractivity contribution in [2.75, 3.05) is 26.4 Å². The third-order valence-electron chi connectivity index (χ3n) is 3.48. The molecule has 0 aromatic heterocycles. The van der Waals surface area contributed by atoms with Gasteiger partial charge in [-0.25, -0.2) is 0 Å². The van der Waals surface area contributed by atoms with Crippen LogP contribution in [0.4, 0.5) is 0 Å². The third-order valence-corrected chi connectivity index (χ3v) is 3.48. The Morgan fingerprint density at radius 3 is 1.38 bits per heavy atom. The normalized spacial score (nSPS) is 12.4. The van der Waals surface area contributed by atoms with Crippen LogP contribution in [-0.4, -0.2) is 48.6 Å². The monoisotopic (exact) mass is 304 g/mol. The Morgan fingerprint density at radius 2 is 1.10 bits per heavy atom. The summed E-state index contributed by atoms with van der Waals surface area (Å²) >= 11 is 0. The summed E-state index contributed by atoms with van der Waals surface area (Å²) in [6, 6.07) is 0. The molecule has 0 heterocycles. The van der Waals surface area contributed by atoms with Crippen molar-refractivity contribution in [1.29, 1.82) is 0 Å². The van der Waals surface area contributed by atoms with Crippen molar-refractivity contribution >= 4 is 11.9 Å². The maximum absolute atomic E-state index is 10.9. The van der Waals surface area contributed by atoms with Gasteiger partial charge in [0.05, 0.1) is 10.8 Å². The number of carboxylic acids is 2. The standard InChI is InChI=1S/C15H28O6/c1-14(2,12(16)17)6-10-20-8-5-9-21-11-7-15(3,4)13(18)19/h5-11H2,1-4H3,(H,16,17)(H,18,19). The van der Waals surface area contributed by atoms with Gasteiger partial charge in [-0.2, -0.15) is 0 Å². The van der Waals surface area contributed by atoms with E-state index in [1.165, 1.54) is 0 Å². The molecule has 124 valence electrons. The second-order valence-electron chi connectivity index (χ2n) is 6.46. The van der Waals surface area contributed by atoms with Gasteiger partial charge in [-0.3, -0.25) is 9.59 Å². The second kappa shape index (κ2) is 9.00. The number of hydrogen-bond acceptors (Lipinski definition) is 4. The van der Waals surface area contributed by atoms with E-state index in [-0.39, 0.29) is 0 Å². The molecule has 21 heavy (non-hydrogen) atoms. The van der Waals surface area contributed by atoms with Gasteiger partial charge in [-0.05, 0) is 47.0 Å². The summed E-state index contributed by atoms with van der Waals surface area (Å²) in [5.74, 6) is -1.65. The first-order valence-corrected chi connectivity index (χ1v) is 7.22. The van der Waals surface area contributed by atoms with E-state index in [1.807, 2.05) is 0 Å². The van der Waals surface area contributed by atoms with Crippen molar-refractivity contribution in [1.82, 2.24) is 0 Å². The molecule has 0 amide bonds. The van der Waals surface area contributed by atoms with Crippen molar-refractivity contribution < 1.29 is 29.3 Å². The Morgan fingerprint density at radius 1 is 0.762 bits per heavy atom. The van der Waals surface area contributed by atoms with Crippen LogP contribution in [0, 0.1) is 10.8 Å². The lowest BCUT2D eigenvalue weighted by Crippen LogP contribution is -2.25. The molecule has 0 spiro atoms. The van der Waals surface area contributed by atoms with Crippen LogP contribution in [0.25, 0.3) is 0 Å². The van der Waals surface area contributed by atoms with E-state index >= 15 is 0 Å². The highest BCUT2D eigenvalue weighted by molar-refractivity contribution is 5.73. The Kier molecular flexibility index (Phi) is 8.51. The molecule has 0 aromatic carbocycles. The number of rotatable bonds is 12. The van der Waals surface area contributed by atoms with Crippen LogP contribution in [0.2, 0.25) is 0 Å². The van der Waals surface area contributed by atoms with Crippen LogP contribution in [0.3, 0.4) is 0 Å². The predicted octanol–water partition coefficient (Wildman–Crippen LogP) is 2.41. The largest absolute Gasteiger partial charge is 0.481 e. The fourth-order valence-corrected chi connectivity index (χ4v) is 1.34. The SMILES string of the molecule is CC(C)(CCOCCCOCCC(C)(C)C(=O)O)C(=O)O. The highest BCUT2D eigenvalue weighted by Gasteiger charge is 2.27. The molecule has 0 bridgehead atoms. The summed E-state index contributed by atoms with van der Waals surface area (Å²) in [5.41, 5.74) is -1.53. The first-order valence-electron chi connectivity index (χ1n) is 7.22. The first-order chi connectivity index (χ1) is 9.59. The van der Waals surface area contributed by atoms with Gasteiger partial charge in [0.25, 0.3) is 0 Å². The molecule has 0 saturated heterocycles. The van der Waals surface area contributed by atoms with Gasteiger partial charge in [-0.15, -0.1) is 0 Å². The number of aliphatic carboxylic acids is 2. The minimum absolute atomic E-state index is 0.408. The number of carboxylic acid groups (broad SMARTS) is 2. The van der Waals surface area contributed by atoms with E-state index < -0.39 is 22.8 Å². The van der Waals surface area contributed by atoms with E-state index in [0.717, 1.165) is 0 Å². The Labute approximate surface area is 126 Å².